The third kappa shape index (κ3) is 5.04. The zero-order chi connectivity index (χ0) is 19.9. The van der Waals surface area contributed by atoms with Crippen LogP contribution in [0.2, 0.25) is 0 Å². The number of methoxy groups -OCH3 is 2. The standard InChI is InChI=1S/C23H32N2O3/c1-17-5-6-19(13-18(17)2)15-24-16-21(25-9-11-28-12-10-25)20-7-8-22(26-3)23(14-20)27-4/h5-8,13-14,21,24H,9-12,15-16H2,1-4H3. The maximum absolute atomic E-state index is 5.56. The molecule has 0 aliphatic carbocycles. The summed E-state index contributed by atoms with van der Waals surface area (Å²) < 4.78 is 16.5. The molecule has 5 nitrogen and oxygen atoms in total. The second-order valence-electron chi connectivity index (χ2n) is 7.33. The van der Waals surface area contributed by atoms with E-state index in [0.717, 1.165) is 50.9 Å². The highest BCUT2D eigenvalue weighted by Gasteiger charge is 2.23. The Morgan fingerprint density at radius 2 is 1.71 bits per heavy atom. The summed E-state index contributed by atoms with van der Waals surface area (Å²) in [5, 5.41) is 3.66. The molecule has 0 spiro atoms. The molecule has 1 fully saturated rings. The molecule has 3 rings (SSSR count). The molecule has 0 radical (unpaired) electrons. The van der Waals surface area contributed by atoms with E-state index in [1.165, 1.54) is 22.3 Å². The van der Waals surface area contributed by atoms with Crippen LogP contribution in [0.1, 0.15) is 28.3 Å². The summed E-state index contributed by atoms with van der Waals surface area (Å²) in [5.74, 6) is 1.53. The molecule has 0 saturated carbocycles. The lowest BCUT2D eigenvalue weighted by atomic mass is 10.0. The van der Waals surface area contributed by atoms with E-state index >= 15 is 0 Å². The fraction of sp³-hybridized carbons (Fsp3) is 0.478. The SMILES string of the molecule is COc1ccc(C(CNCc2ccc(C)c(C)c2)N2CCOCC2)cc1OC. The van der Waals surface area contributed by atoms with Gasteiger partial charge in [-0.3, -0.25) is 4.90 Å². The molecular formula is C23H32N2O3. The minimum absolute atomic E-state index is 0.259. The van der Waals surface area contributed by atoms with Crippen LogP contribution in [-0.4, -0.2) is 52.0 Å². The van der Waals surface area contributed by atoms with Crippen molar-refractivity contribution in [2.24, 2.45) is 0 Å². The van der Waals surface area contributed by atoms with Crippen molar-refractivity contribution in [3.05, 3.63) is 58.7 Å². The quantitative estimate of drug-likeness (QED) is 0.755. The molecule has 28 heavy (non-hydrogen) atoms. The second-order valence-corrected chi connectivity index (χ2v) is 7.33. The van der Waals surface area contributed by atoms with Crippen molar-refractivity contribution in [1.29, 1.82) is 0 Å². The van der Waals surface area contributed by atoms with Gasteiger partial charge in [-0.2, -0.15) is 0 Å². The molecule has 1 aliphatic rings. The van der Waals surface area contributed by atoms with E-state index in [0.29, 0.717) is 0 Å². The Kier molecular flexibility index (Phi) is 7.31. The normalized spacial score (nSPS) is 16.0. The number of hydrogen-bond acceptors (Lipinski definition) is 5. The monoisotopic (exact) mass is 384 g/mol. The molecule has 2 aromatic rings. The Labute approximate surface area is 168 Å². The molecule has 5 heteroatoms. The van der Waals surface area contributed by atoms with E-state index in [9.17, 15) is 0 Å². The summed E-state index contributed by atoms with van der Waals surface area (Å²) in [6.45, 7) is 9.46. The van der Waals surface area contributed by atoms with Crippen molar-refractivity contribution in [1.82, 2.24) is 10.2 Å². The van der Waals surface area contributed by atoms with Crippen molar-refractivity contribution < 1.29 is 14.2 Å². The zero-order valence-electron chi connectivity index (χ0n) is 17.5. The van der Waals surface area contributed by atoms with E-state index in [1.807, 2.05) is 6.07 Å². The first-order chi connectivity index (χ1) is 13.6. The summed E-state index contributed by atoms with van der Waals surface area (Å²) >= 11 is 0. The predicted molar refractivity (Wildman–Crippen MR) is 112 cm³/mol. The molecular weight excluding hydrogens is 352 g/mol. The summed E-state index contributed by atoms with van der Waals surface area (Å²) in [6.07, 6.45) is 0. The second kappa shape index (κ2) is 9.92. The van der Waals surface area contributed by atoms with Crippen LogP contribution in [-0.2, 0) is 11.3 Å². The van der Waals surface area contributed by atoms with Gasteiger partial charge in [0.15, 0.2) is 11.5 Å². The molecule has 2 aromatic carbocycles. The molecule has 1 aliphatic heterocycles. The van der Waals surface area contributed by atoms with Crippen LogP contribution in [0.25, 0.3) is 0 Å². The van der Waals surface area contributed by atoms with Crippen LogP contribution in [0.15, 0.2) is 36.4 Å². The van der Waals surface area contributed by atoms with Crippen LogP contribution in [0.3, 0.4) is 0 Å². The first-order valence-corrected chi connectivity index (χ1v) is 9.93. The highest BCUT2D eigenvalue weighted by atomic mass is 16.5. The lowest BCUT2D eigenvalue weighted by molar-refractivity contribution is 0.0160. The van der Waals surface area contributed by atoms with Crippen LogP contribution >= 0.6 is 0 Å². The van der Waals surface area contributed by atoms with E-state index in [2.05, 4.69) is 54.4 Å². The number of rotatable bonds is 8. The van der Waals surface area contributed by atoms with Gasteiger partial charge in [0.1, 0.15) is 0 Å². The molecule has 1 saturated heterocycles. The van der Waals surface area contributed by atoms with E-state index in [-0.39, 0.29) is 6.04 Å². The lowest BCUT2D eigenvalue weighted by Crippen LogP contribution is -2.42. The maximum atomic E-state index is 5.56. The molecule has 0 bridgehead atoms. The van der Waals surface area contributed by atoms with Gasteiger partial charge in [0.25, 0.3) is 0 Å². The van der Waals surface area contributed by atoms with Gasteiger partial charge in [0, 0.05) is 32.2 Å². The van der Waals surface area contributed by atoms with E-state index < -0.39 is 0 Å². The topological polar surface area (TPSA) is 43.0 Å². The van der Waals surface area contributed by atoms with Gasteiger partial charge in [0.2, 0.25) is 0 Å². The summed E-state index contributed by atoms with van der Waals surface area (Å²) in [5.41, 5.74) is 5.22. The number of nitrogens with zero attached hydrogens (tertiary/aromatic N) is 1. The molecule has 152 valence electrons. The Morgan fingerprint density at radius 3 is 2.39 bits per heavy atom. The van der Waals surface area contributed by atoms with Crippen molar-refractivity contribution >= 4 is 0 Å². The third-order valence-electron chi connectivity index (χ3n) is 5.52. The summed E-state index contributed by atoms with van der Waals surface area (Å²) in [4.78, 5) is 2.48. The van der Waals surface area contributed by atoms with E-state index in [1.54, 1.807) is 14.2 Å². The van der Waals surface area contributed by atoms with Gasteiger partial charge in [-0.05, 0) is 48.2 Å². The molecule has 0 aromatic heterocycles. The van der Waals surface area contributed by atoms with Crippen LogP contribution in [0, 0.1) is 13.8 Å². The number of aryl methyl sites for hydroxylation is 2. The highest BCUT2D eigenvalue weighted by molar-refractivity contribution is 5.44. The minimum atomic E-state index is 0.259. The fourth-order valence-electron chi connectivity index (χ4n) is 3.67. The maximum Gasteiger partial charge on any atom is 0.161 e. The smallest absolute Gasteiger partial charge is 0.161 e. The highest BCUT2D eigenvalue weighted by Crippen LogP contribution is 2.32. The molecule has 1 atom stereocenters. The summed E-state index contributed by atoms with van der Waals surface area (Å²) in [6, 6.07) is 13.1. The third-order valence-corrected chi connectivity index (χ3v) is 5.52. The van der Waals surface area contributed by atoms with Gasteiger partial charge in [-0.1, -0.05) is 24.3 Å². The van der Waals surface area contributed by atoms with Gasteiger partial charge in [-0.25, -0.2) is 0 Å². The van der Waals surface area contributed by atoms with Gasteiger partial charge >= 0.3 is 0 Å². The predicted octanol–water partition coefficient (Wildman–Crippen LogP) is 3.48. The first kappa shape index (κ1) is 20.6. The Balaban J connectivity index is 1.74. The van der Waals surface area contributed by atoms with Gasteiger partial charge < -0.3 is 19.5 Å². The molecule has 1 N–H and O–H groups in total. The number of hydrogen-bond donors (Lipinski definition) is 1. The van der Waals surface area contributed by atoms with Gasteiger partial charge in [0.05, 0.1) is 27.4 Å². The minimum Gasteiger partial charge on any atom is -0.493 e. The zero-order valence-corrected chi connectivity index (χ0v) is 17.5. The Morgan fingerprint density at radius 1 is 0.964 bits per heavy atom. The average Bonchev–Trinajstić information content (AvgIpc) is 2.74. The average molecular weight is 385 g/mol. The van der Waals surface area contributed by atoms with Gasteiger partial charge in [-0.15, -0.1) is 0 Å². The number of nitrogens with one attached hydrogen (secondary N) is 1. The Bertz CT molecular complexity index is 772. The van der Waals surface area contributed by atoms with Crippen molar-refractivity contribution in [2.75, 3.05) is 47.1 Å². The number of morpholine rings is 1. The number of benzene rings is 2. The van der Waals surface area contributed by atoms with Crippen LogP contribution in [0.5, 0.6) is 11.5 Å². The van der Waals surface area contributed by atoms with Crippen LogP contribution in [0.4, 0.5) is 0 Å². The summed E-state index contributed by atoms with van der Waals surface area (Å²) in [7, 11) is 3.35. The largest absolute Gasteiger partial charge is 0.493 e. The Hall–Kier alpha value is -2.08. The van der Waals surface area contributed by atoms with Crippen LogP contribution < -0.4 is 14.8 Å². The van der Waals surface area contributed by atoms with Crippen molar-refractivity contribution in [2.45, 2.75) is 26.4 Å². The van der Waals surface area contributed by atoms with Crippen molar-refractivity contribution in [3.63, 3.8) is 0 Å². The number of ether oxygens (including phenoxy) is 3. The molecule has 1 heterocycles. The lowest BCUT2D eigenvalue weighted by Gasteiger charge is -2.35. The molecule has 1 unspecified atom stereocenters. The fourth-order valence-corrected chi connectivity index (χ4v) is 3.67. The first-order valence-electron chi connectivity index (χ1n) is 9.93. The molecule has 0 amide bonds. The van der Waals surface area contributed by atoms with E-state index in [4.69, 9.17) is 14.2 Å². The van der Waals surface area contributed by atoms with Crippen molar-refractivity contribution in [3.8, 4) is 11.5 Å².